The molecule has 0 fully saturated rings. The van der Waals surface area contributed by atoms with E-state index in [1.165, 1.54) is 0 Å². The molecule has 2 aromatic rings. The van der Waals surface area contributed by atoms with Gasteiger partial charge in [0.15, 0.2) is 5.65 Å². The van der Waals surface area contributed by atoms with Crippen molar-refractivity contribution in [1.29, 1.82) is 5.26 Å². The number of thioether (sulfide) groups is 1. The van der Waals surface area contributed by atoms with Crippen molar-refractivity contribution < 1.29 is 4.74 Å². The van der Waals surface area contributed by atoms with Gasteiger partial charge in [0.2, 0.25) is 0 Å². The van der Waals surface area contributed by atoms with Crippen LogP contribution >= 0.6 is 11.8 Å². The molecule has 5 nitrogen and oxygen atoms in total. The highest BCUT2D eigenvalue weighted by molar-refractivity contribution is 7.99. The molecule has 0 spiro atoms. The summed E-state index contributed by atoms with van der Waals surface area (Å²) >= 11 is 1.66. The molecule has 2 aromatic heterocycles. The van der Waals surface area contributed by atoms with Gasteiger partial charge in [-0.05, 0) is 17.2 Å². The maximum absolute atomic E-state index is 9.66. The summed E-state index contributed by atoms with van der Waals surface area (Å²) in [4.78, 5) is 0. The first-order valence-electron chi connectivity index (χ1n) is 7.19. The molecule has 6 heteroatoms. The Hall–Kier alpha value is -1.58. The first kappa shape index (κ1) is 14.4. The van der Waals surface area contributed by atoms with Crippen molar-refractivity contribution in [2.75, 3.05) is 5.75 Å². The van der Waals surface area contributed by atoms with Crippen LogP contribution in [0.25, 0.3) is 5.65 Å². The summed E-state index contributed by atoms with van der Waals surface area (Å²) in [5.41, 5.74) is 3.69. The maximum Gasteiger partial charge on any atom is 0.167 e. The lowest BCUT2D eigenvalue weighted by atomic mass is 9.91. The van der Waals surface area contributed by atoms with Crippen molar-refractivity contribution in [1.82, 2.24) is 14.6 Å². The summed E-state index contributed by atoms with van der Waals surface area (Å²) in [6.07, 6.45) is 2.62. The van der Waals surface area contributed by atoms with Crippen molar-refractivity contribution in [2.45, 2.75) is 44.9 Å². The van der Waals surface area contributed by atoms with Crippen molar-refractivity contribution in [2.24, 2.45) is 5.92 Å². The molecule has 3 rings (SSSR count). The minimum Gasteiger partial charge on any atom is -0.373 e. The van der Waals surface area contributed by atoms with Crippen LogP contribution in [0, 0.1) is 17.2 Å². The minimum absolute atomic E-state index is 0.162. The van der Waals surface area contributed by atoms with Crippen LogP contribution in [0.4, 0.5) is 0 Å². The van der Waals surface area contributed by atoms with Crippen LogP contribution in [0.2, 0.25) is 0 Å². The third-order valence-corrected chi connectivity index (χ3v) is 4.86. The summed E-state index contributed by atoms with van der Waals surface area (Å²) in [5.74, 6) is 1.34. The summed E-state index contributed by atoms with van der Waals surface area (Å²) in [6, 6.07) is 2.40. The molecular weight excluding hydrogens is 284 g/mol. The molecule has 0 aliphatic carbocycles. The van der Waals surface area contributed by atoms with Crippen molar-refractivity contribution >= 4 is 17.4 Å². The fourth-order valence-electron chi connectivity index (χ4n) is 2.77. The molecule has 0 amide bonds. The molecule has 3 heterocycles. The largest absolute Gasteiger partial charge is 0.373 e. The molecule has 1 aliphatic heterocycles. The van der Waals surface area contributed by atoms with E-state index in [1.54, 1.807) is 18.1 Å². The lowest BCUT2D eigenvalue weighted by Crippen LogP contribution is -2.29. The van der Waals surface area contributed by atoms with Crippen LogP contribution < -0.4 is 0 Å². The van der Waals surface area contributed by atoms with Gasteiger partial charge < -0.3 is 4.74 Å². The topological polar surface area (TPSA) is 63.2 Å². The molecular formula is C15H18N4OS. The van der Waals surface area contributed by atoms with Gasteiger partial charge in [0.05, 0.1) is 18.3 Å². The second kappa shape index (κ2) is 5.66. The van der Waals surface area contributed by atoms with E-state index in [4.69, 9.17) is 4.74 Å². The molecule has 1 atom stereocenters. The Bertz CT molecular complexity index is 717. The number of nitriles is 1. The minimum atomic E-state index is 0.162. The third-order valence-electron chi connectivity index (χ3n) is 3.90. The molecule has 1 aliphatic rings. The molecule has 21 heavy (non-hydrogen) atoms. The Kier molecular flexibility index (Phi) is 3.87. The van der Waals surface area contributed by atoms with Crippen molar-refractivity contribution in [3.63, 3.8) is 0 Å². The summed E-state index contributed by atoms with van der Waals surface area (Å²) in [6.45, 7) is 6.89. The number of pyridine rings is 1. The first-order chi connectivity index (χ1) is 10.2. The second-order valence-corrected chi connectivity index (χ2v) is 6.76. The zero-order valence-corrected chi connectivity index (χ0v) is 13.3. The van der Waals surface area contributed by atoms with Gasteiger partial charge >= 0.3 is 0 Å². The highest BCUT2D eigenvalue weighted by Gasteiger charge is 2.29. The van der Waals surface area contributed by atoms with E-state index in [0.29, 0.717) is 12.5 Å². The van der Waals surface area contributed by atoms with Gasteiger partial charge in [-0.15, -0.1) is 22.0 Å². The fourth-order valence-corrected chi connectivity index (χ4v) is 3.63. The van der Waals surface area contributed by atoms with E-state index in [9.17, 15) is 5.26 Å². The molecule has 0 bridgehead atoms. The summed E-state index contributed by atoms with van der Waals surface area (Å²) in [5, 5.41) is 18.9. The second-order valence-electron chi connectivity index (χ2n) is 5.50. The normalized spacial score (nSPS) is 18.0. The van der Waals surface area contributed by atoms with Gasteiger partial charge in [-0.3, -0.25) is 4.40 Å². The Morgan fingerprint density at radius 3 is 3.00 bits per heavy atom. The highest BCUT2D eigenvalue weighted by atomic mass is 32.2. The van der Waals surface area contributed by atoms with Gasteiger partial charge in [0.25, 0.3) is 0 Å². The first-order valence-corrected chi connectivity index (χ1v) is 8.17. The van der Waals surface area contributed by atoms with Gasteiger partial charge in [0, 0.05) is 12.0 Å². The van der Waals surface area contributed by atoms with Gasteiger partial charge in [-0.25, -0.2) is 0 Å². The van der Waals surface area contributed by atoms with Crippen LogP contribution in [-0.2, 0) is 17.8 Å². The Balaban J connectivity index is 2.24. The molecule has 0 radical (unpaired) electrons. The van der Waals surface area contributed by atoms with E-state index in [1.807, 2.05) is 4.40 Å². The Morgan fingerprint density at radius 2 is 2.33 bits per heavy atom. The monoisotopic (exact) mass is 302 g/mol. The lowest BCUT2D eigenvalue weighted by molar-refractivity contribution is -0.0000530. The van der Waals surface area contributed by atoms with Gasteiger partial charge in [-0.2, -0.15) is 5.26 Å². The summed E-state index contributed by atoms with van der Waals surface area (Å²) in [7, 11) is 0. The van der Waals surface area contributed by atoms with Crippen molar-refractivity contribution in [3.8, 4) is 6.07 Å². The van der Waals surface area contributed by atoms with Gasteiger partial charge in [-0.1, -0.05) is 20.8 Å². The smallest absolute Gasteiger partial charge is 0.167 e. The van der Waals surface area contributed by atoms with E-state index in [-0.39, 0.29) is 6.10 Å². The number of aromatic nitrogens is 3. The molecule has 0 N–H and O–H groups in total. The molecule has 0 saturated carbocycles. The zero-order valence-electron chi connectivity index (χ0n) is 12.5. The molecule has 1 unspecified atom stereocenters. The van der Waals surface area contributed by atoms with Crippen LogP contribution in [-0.4, -0.2) is 26.5 Å². The number of nitrogens with zero attached hydrogens (tertiary/aromatic N) is 4. The van der Waals surface area contributed by atoms with Gasteiger partial charge in [0.1, 0.15) is 17.4 Å². The zero-order chi connectivity index (χ0) is 15.0. The van der Waals surface area contributed by atoms with Crippen LogP contribution in [0.5, 0.6) is 0 Å². The molecule has 0 aromatic carbocycles. The maximum atomic E-state index is 9.66. The Morgan fingerprint density at radius 1 is 1.52 bits per heavy atom. The third kappa shape index (κ3) is 2.30. The standard InChI is InChI=1S/C15H18N4OS/c1-4-21-15-11(6-16)10-5-13(9(2)3)20-7-12(10)14-18-17-8-19(14)15/h8-9,13H,4-5,7H2,1-3H3. The predicted octanol–water partition coefficient (Wildman–Crippen LogP) is 2.81. The van der Waals surface area contributed by atoms with Crippen LogP contribution in [0.1, 0.15) is 37.5 Å². The highest BCUT2D eigenvalue weighted by Crippen LogP contribution is 2.34. The molecule has 0 saturated heterocycles. The SMILES string of the molecule is CCSc1c(C#N)c2c(c3nncn13)COC(C(C)C)C2. The number of fused-ring (bicyclic) bond motifs is 3. The van der Waals surface area contributed by atoms with Crippen molar-refractivity contribution in [3.05, 3.63) is 23.0 Å². The van der Waals surface area contributed by atoms with E-state index < -0.39 is 0 Å². The summed E-state index contributed by atoms with van der Waals surface area (Å²) < 4.78 is 7.87. The van der Waals surface area contributed by atoms with E-state index in [2.05, 4.69) is 37.0 Å². The molecule has 110 valence electrons. The quantitative estimate of drug-likeness (QED) is 0.816. The number of hydrogen-bond donors (Lipinski definition) is 0. The average molecular weight is 302 g/mol. The Labute approximate surface area is 128 Å². The number of hydrogen-bond acceptors (Lipinski definition) is 5. The average Bonchev–Trinajstić information content (AvgIpc) is 2.96. The van der Waals surface area contributed by atoms with Crippen LogP contribution in [0.15, 0.2) is 11.4 Å². The lowest BCUT2D eigenvalue weighted by Gasteiger charge is -2.29. The van der Waals surface area contributed by atoms with Crippen LogP contribution in [0.3, 0.4) is 0 Å². The fraction of sp³-hybridized carbons (Fsp3) is 0.533. The predicted molar refractivity (Wildman–Crippen MR) is 81.2 cm³/mol. The number of rotatable bonds is 3. The number of ether oxygens (including phenoxy) is 1. The van der Waals surface area contributed by atoms with E-state index >= 15 is 0 Å². The van der Waals surface area contributed by atoms with E-state index in [0.717, 1.165) is 39.5 Å².